The fraction of sp³-hybridized carbons (Fsp3) is 0.680. The zero-order valence-corrected chi connectivity index (χ0v) is 19.8. The Kier molecular flexibility index (Phi) is 7.59. The number of carbonyl (C=O) groups excluding carboxylic acids is 1. The van der Waals surface area contributed by atoms with Crippen LogP contribution >= 0.6 is 11.8 Å². The average molecular weight is 444 g/mol. The summed E-state index contributed by atoms with van der Waals surface area (Å²) in [6, 6.07) is 0.0975. The first kappa shape index (κ1) is 22.7. The van der Waals surface area contributed by atoms with E-state index in [1.807, 2.05) is 0 Å². The van der Waals surface area contributed by atoms with Crippen molar-refractivity contribution in [1.29, 1.82) is 0 Å². The number of aliphatic hydroxyl groups is 1. The number of nitrogens with one attached hydrogen (secondary N) is 1. The molecule has 4 atom stereocenters. The molecule has 2 heterocycles. The SMILES string of the molecule is CSC1=CC=C(CC2=CC(C(=O)N[C@H]3CCCC[C@@H]3O)=NC3CCCCC2C3)CN1C. The van der Waals surface area contributed by atoms with Crippen LogP contribution in [0.25, 0.3) is 0 Å². The molecule has 2 bridgehead atoms. The smallest absolute Gasteiger partial charge is 0.269 e. The maximum absolute atomic E-state index is 13.2. The van der Waals surface area contributed by atoms with Crippen molar-refractivity contribution in [2.24, 2.45) is 10.9 Å². The molecule has 0 aromatic rings. The lowest BCUT2D eigenvalue weighted by Crippen LogP contribution is -2.47. The van der Waals surface area contributed by atoms with Crippen LogP contribution in [-0.2, 0) is 4.79 Å². The second kappa shape index (κ2) is 10.4. The number of likely N-dealkylation sites (N-methyl/N-ethyl adjacent to an activating group) is 1. The van der Waals surface area contributed by atoms with Gasteiger partial charge in [0.1, 0.15) is 5.71 Å². The van der Waals surface area contributed by atoms with E-state index in [0.717, 1.165) is 51.5 Å². The lowest BCUT2D eigenvalue weighted by Gasteiger charge is -2.28. The number of fused-ring (bicyclic) bond motifs is 2. The van der Waals surface area contributed by atoms with Gasteiger partial charge < -0.3 is 15.3 Å². The van der Waals surface area contributed by atoms with Crippen molar-refractivity contribution >= 4 is 23.4 Å². The summed E-state index contributed by atoms with van der Waals surface area (Å²) in [5.74, 6) is 0.410. The van der Waals surface area contributed by atoms with E-state index in [9.17, 15) is 9.90 Å². The maximum atomic E-state index is 13.2. The van der Waals surface area contributed by atoms with Gasteiger partial charge in [0.15, 0.2) is 0 Å². The molecule has 4 rings (SSSR count). The Balaban J connectivity index is 1.55. The Labute approximate surface area is 191 Å². The molecule has 2 fully saturated rings. The highest BCUT2D eigenvalue weighted by Crippen LogP contribution is 2.36. The zero-order chi connectivity index (χ0) is 21.8. The second-order valence-electron chi connectivity index (χ2n) is 9.60. The Bertz CT molecular complexity index is 801. The van der Waals surface area contributed by atoms with Gasteiger partial charge in [-0.2, -0.15) is 0 Å². The fourth-order valence-electron chi connectivity index (χ4n) is 5.51. The van der Waals surface area contributed by atoms with Crippen LogP contribution in [0.1, 0.15) is 64.2 Å². The van der Waals surface area contributed by atoms with Gasteiger partial charge in [0.25, 0.3) is 5.91 Å². The summed E-state index contributed by atoms with van der Waals surface area (Å²) >= 11 is 1.78. The molecule has 31 heavy (non-hydrogen) atoms. The normalized spacial score (nSPS) is 31.5. The van der Waals surface area contributed by atoms with E-state index in [1.165, 1.54) is 35.4 Å². The molecule has 2 aliphatic heterocycles. The minimum Gasteiger partial charge on any atom is -0.391 e. The van der Waals surface area contributed by atoms with Crippen LogP contribution in [0.5, 0.6) is 0 Å². The summed E-state index contributed by atoms with van der Waals surface area (Å²) in [6.45, 7) is 0.938. The molecule has 4 aliphatic rings. The Hall–Kier alpha value is -1.53. The van der Waals surface area contributed by atoms with Crippen molar-refractivity contribution < 1.29 is 9.90 Å². The fourth-order valence-corrected chi connectivity index (χ4v) is 6.09. The van der Waals surface area contributed by atoms with Gasteiger partial charge in [0.2, 0.25) is 0 Å². The highest BCUT2D eigenvalue weighted by Gasteiger charge is 2.30. The molecule has 0 saturated heterocycles. The predicted octanol–water partition coefficient (Wildman–Crippen LogP) is 4.20. The lowest BCUT2D eigenvalue weighted by atomic mass is 9.86. The van der Waals surface area contributed by atoms with Gasteiger partial charge >= 0.3 is 0 Å². The molecule has 1 amide bonds. The van der Waals surface area contributed by atoms with Gasteiger partial charge in [-0.3, -0.25) is 9.79 Å². The third kappa shape index (κ3) is 5.64. The van der Waals surface area contributed by atoms with Crippen molar-refractivity contribution in [2.45, 2.75) is 82.4 Å². The first-order valence-electron chi connectivity index (χ1n) is 12.0. The molecular formula is C25H37N3O2S. The van der Waals surface area contributed by atoms with Crippen LogP contribution < -0.4 is 5.32 Å². The van der Waals surface area contributed by atoms with Gasteiger partial charge in [0.05, 0.1) is 23.2 Å². The number of aliphatic hydroxyl groups excluding tert-OH is 1. The van der Waals surface area contributed by atoms with E-state index in [-0.39, 0.29) is 18.0 Å². The van der Waals surface area contributed by atoms with Gasteiger partial charge in [-0.15, -0.1) is 11.8 Å². The highest BCUT2D eigenvalue weighted by molar-refractivity contribution is 8.02. The summed E-state index contributed by atoms with van der Waals surface area (Å²) in [5.41, 5.74) is 3.34. The molecule has 2 saturated carbocycles. The number of hydrogen-bond acceptors (Lipinski definition) is 5. The van der Waals surface area contributed by atoms with Crippen LogP contribution in [0, 0.1) is 5.92 Å². The topological polar surface area (TPSA) is 64.9 Å². The Morgan fingerprint density at radius 3 is 2.74 bits per heavy atom. The monoisotopic (exact) mass is 443 g/mol. The lowest BCUT2D eigenvalue weighted by molar-refractivity contribution is -0.116. The number of rotatable bonds is 5. The van der Waals surface area contributed by atoms with E-state index in [1.54, 1.807) is 11.8 Å². The third-order valence-corrected chi connectivity index (χ3v) is 8.13. The van der Waals surface area contributed by atoms with Crippen LogP contribution in [0.4, 0.5) is 0 Å². The molecule has 0 spiro atoms. The van der Waals surface area contributed by atoms with Crippen LogP contribution in [0.2, 0.25) is 0 Å². The van der Waals surface area contributed by atoms with E-state index in [4.69, 9.17) is 4.99 Å². The molecular weight excluding hydrogens is 406 g/mol. The van der Waals surface area contributed by atoms with Gasteiger partial charge in [-0.1, -0.05) is 37.3 Å². The quantitative estimate of drug-likeness (QED) is 0.668. The molecule has 2 unspecified atom stereocenters. The zero-order valence-electron chi connectivity index (χ0n) is 19.0. The first-order valence-corrected chi connectivity index (χ1v) is 13.2. The number of nitrogens with zero attached hydrogens (tertiary/aromatic N) is 2. The summed E-state index contributed by atoms with van der Waals surface area (Å²) in [4.78, 5) is 20.4. The maximum Gasteiger partial charge on any atom is 0.269 e. The van der Waals surface area contributed by atoms with E-state index < -0.39 is 6.10 Å². The minimum absolute atomic E-state index is 0.103. The van der Waals surface area contributed by atoms with Crippen molar-refractivity contribution in [2.75, 3.05) is 19.8 Å². The molecule has 2 aliphatic carbocycles. The molecule has 0 radical (unpaired) electrons. The number of allylic oxidation sites excluding steroid dienone is 3. The van der Waals surface area contributed by atoms with Gasteiger partial charge in [0, 0.05) is 13.6 Å². The summed E-state index contributed by atoms with van der Waals surface area (Å²) in [5, 5.41) is 14.7. The van der Waals surface area contributed by atoms with Gasteiger partial charge in [-0.25, -0.2) is 0 Å². The van der Waals surface area contributed by atoms with Crippen LogP contribution in [0.3, 0.4) is 0 Å². The molecule has 170 valence electrons. The highest BCUT2D eigenvalue weighted by atomic mass is 32.2. The number of carbonyl (C=O) groups is 1. The summed E-state index contributed by atoms with van der Waals surface area (Å²) in [7, 11) is 2.15. The first-order chi connectivity index (χ1) is 15.0. The van der Waals surface area contributed by atoms with Gasteiger partial charge in [-0.05, 0) is 68.4 Å². The average Bonchev–Trinajstić information content (AvgIpc) is 3.09. The van der Waals surface area contributed by atoms with Crippen molar-refractivity contribution in [3.05, 3.63) is 34.4 Å². The number of amides is 1. The van der Waals surface area contributed by atoms with E-state index in [2.05, 4.69) is 41.7 Å². The van der Waals surface area contributed by atoms with E-state index >= 15 is 0 Å². The van der Waals surface area contributed by atoms with Crippen molar-refractivity contribution in [1.82, 2.24) is 10.2 Å². The molecule has 6 heteroatoms. The number of hydrogen-bond donors (Lipinski definition) is 2. The molecule has 5 nitrogen and oxygen atoms in total. The molecule has 0 aromatic carbocycles. The second-order valence-corrected chi connectivity index (χ2v) is 10.4. The largest absolute Gasteiger partial charge is 0.391 e. The third-order valence-electron chi connectivity index (χ3n) is 7.26. The van der Waals surface area contributed by atoms with Crippen molar-refractivity contribution in [3.8, 4) is 0 Å². The number of thioether (sulfide) groups is 1. The number of aliphatic imine (C=N–C) groups is 1. The molecule has 0 aromatic heterocycles. The summed E-state index contributed by atoms with van der Waals surface area (Å²) < 4.78 is 0. The minimum atomic E-state index is -0.435. The standard InChI is InChI=1S/C25H37N3O2S/c1-28-16-17(11-12-24(28)31-2)13-19-15-22(26-20-8-4-3-7-18(19)14-20)25(30)27-21-9-5-6-10-23(21)29/h11-12,15,18,20-21,23,29H,3-10,13-14,16H2,1-2H3,(H,27,30)/t18?,20?,21-,23-/m0/s1. The van der Waals surface area contributed by atoms with Crippen molar-refractivity contribution in [3.63, 3.8) is 0 Å². The van der Waals surface area contributed by atoms with Crippen LogP contribution in [0.15, 0.2) is 39.4 Å². The predicted molar refractivity (Wildman–Crippen MR) is 129 cm³/mol. The van der Waals surface area contributed by atoms with E-state index in [0.29, 0.717) is 11.6 Å². The summed E-state index contributed by atoms with van der Waals surface area (Å²) in [6.07, 6.45) is 18.7. The Morgan fingerprint density at radius 1 is 1.19 bits per heavy atom. The van der Waals surface area contributed by atoms with Crippen LogP contribution in [-0.4, -0.2) is 59.7 Å². The Morgan fingerprint density at radius 2 is 1.97 bits per heavy atom. The molecule has 2 N–H and O–H groups in total.